The van der Waals surface area contributed by atoms with Crippen LogP contribution in [0.1, 0.15) is 11.1 Å². The molecule has 0 unspecified atom stereocenters. The fraction of sp³-hybridized carbons (Fsp3) is 0.364. The van der Waals surface area contributed by atoms with Gasteiger partial charge in [-0.25, -0.2) is 0 Å². The number of benzene rings is 1. The summed E-state index contributed by atoms with van der Waals surface area (Å²) < 4.78 is 4.96. The summed E-state index contributed by atoms with van der Waals surface area (Å²) in [5.41, 5.74) is 7.39. The van der Waals surface area contributed by atoms with Gasteiger partial charge in [-0.05, 0) is 5.56 Å². The van der Waals surface area contributed by atoms with Gasteiger partial charge in [0, 0.05) is 24.2 Å². The van der Waals surface area contributed by atoms with Gasteiger partial charge in [0.05, 0.1) is 6.61 Å². The molecule has 3 nitrogen and oxygen atoms in total. The highest BCUT2D eigenvalue weighted by molar-refractivity contribution is 7.98. The third kappa shape index (κ3) is 4.36. The van der Waals surface area contributed by atoms with Crippen LogP contribution in [0.15, 0.2) is 24.3 Å². The van der Waals surface area contributed by atoms with Crippen molar-refractivity contribution in [1.82, 2.24) is 0 Å². The maximum absolute atomic E-state index is 7.25. The zero-order valence-corrected chi connectivity index (χ0v) is 9.64. The van der Waals surface area contributed by atoms with E-state index in [4.69, 9.17) is 15.9 Å². The zero-order valence-electron chi connectivity index (χ0n) is 8.82. The lowest BCUT2D eigenvalue weighted by Gasteiger charge is -2.03. The molecule has 0 fully saturated rings. The van der Waals surface area contributed by atoms with Gasteiger partial charge in [-0.2, -0.15) is 11.8 Å². The average molecular weight is 224 g/mol. The van der Waals surface area contributed by atoms with E-state index in [1.807, 2.05) is 36.0 Å². The molecule has 0 aliphatic rings. The highest BCUT2D eigenvalue weighted by Gasteiger charge is 1.97. The highest BCUT2D eigenvalue weighted by Crippen LogP contribution is 2.12. The van der Waals surface area contributed by atoms with E-state index >= 15 is 0 Å². The van der Waals surface area contributed by atoms with Crippen LogP contribution in [0.25, 0.3) is 0 Å². The van der Waals surface area contributed by atoms with Crippen molar-refractivity contribution in [1.29, 1.82) is 5.41 Å². The Morgan fingerprint density at radius 1 is 1.40 bits per heavy atom. The number of amidine groups is 1. The molecule has 4 heteroatoms. The highest BCUT2D eigenvalue weighted by atomic mass is 32.2. The lowest BCUT2D eigenvalue weighted by molar-refractivity contribution is 0.218. The second-order valence-corrected chi connectivity index (χ2v) is 4.26. The fourth-order valence-corrected chi connectivity index (χ4v) is 1.97. The molecular weight excluding hydrogens is 208 g/mol. The first-order chi connectivity index (χ1) is 7.24. The fourth-order valence-electron chi connectivity index (χ4n) is 1.11. The molecule has 0 spiro atoms. The van der Waals surface area contributed by atoms with E-state index in [-0.39, 0.29) is 5.84 Å². The van der Waals surface area contributed by atoms with Crippen molar-refractivity contribution in [3.05, 3.63) is 35.4 Å². The molecular formula is C11H16N2OS. The van der Waals surface area contributed by atoms with Crippen LogP contribution in [0.5, 0.6) is 0 Å². The Bertz CT molecular complexity index is 311. The normalized spacial score (nSPS) is 10.2. The van der Waals surface area contributed by atoms with Crippen molar-refractivity contribution in [3.63, 3.8) is 0 Å². The van der Waals surface area contributed by atoms with Crippen LogP contribution < -0.4 is 5.73 Å². The number of methoxy groups -OCH3 is 1. The number of hydrogen-bond donors (Lipinski definition) is 2. The molecule has 0 saturated carbocycles. The lowest BCUT2D eigenvalue weighted by atomic mass is 10.1. The Balaban J connectivity index is 2.39. The molecule has 0 aliphatic heterocycles. The summed E-state index contributed by atoms with van der Waals surface area (Å²) in [6.45, 7) is 0.788. The topological polar surface area (TPSA) is 59.1 Å². The molecule has 0 aliphatic carbocycles. The summed E-state index contributed by atoms with van der Waals surface area (Å²) in [4.78, 5) is 0. The van der Waals surface area contributed by atoms with Gasteiger partial charge in [0.15, 0.2) is 0 Å². The smallest absolute Gasteiger partial charge is 0.122 e. The van der Waals surface area contributed by atoms with Crippen LogP contribution >= 0.6 is 11.8 Å². The van der Waals surface area contributed by atoms with Crippen LogP contribution in [0.3, 0.4) is 0 Å². The van der Waals surface area contributed by atoms with Gasteiger partial charge in [0.1, 0.15) is 5.84 Å². The number of hydrogen-bond acceptors (Lipinski definition) is 3. The molecule has 0 radical (unpaired) electrons. The largest absolute Gasteiger partial charge is 0.384 e. The molecule has 1 rings (SSSR count). The second-order valence-electron chi connectivity index (χ2n) is 3.16. The minimum absolute atomic E-state index is 0.119. The maximum atomic E-state index is 7.25. The van der Waals surface area contributed by atoms with Gasteiger partial charge in [-0.3, -0.25) is 5.41 Å². The first-order valence-corrected chi connectivity index (χ1v) is 5.89. The Kier molecular flexibility index (Phi) is 5.21. The molecule has 0 aromatic heterocycles. The SMILES string of the molecule is COCCSCc1ccc(C(=N)N)cc1. The molecule has 0 amide bonds. The molecule has 15 heavy (non-hydrogen) atoms. The summed E-state index contributed by atoms with van der Waals surface area (Å²) in [6, 6.07) is 7.79. The first-order valence-electron chi connectivity index (χ1n) is 4.74. The second kappa shape index (κ2) is 6.48. The quantitative estimate of drug-likeness (QED) is 0.440. The van der Waals surface area contributed by atoms with Crippen molar-refractivity contribution in [2.24, 2.45) is 5.73 Å². The van der Waals surface area contributed by atoms with Crippen molar-refractivity contribution in [2.45, 2.75) is 5.75 Å². The summed E-state index contributed by atoms with van der Waals surface area (Å²) in [5.74, 6) is 2.10. The third-order valence-corrected chi connectivity index (χ3v) is 2.96. The van der Waals surface area contributed by atoms with E-state index in [1.54, 1.807) is 7.11 Å². The predicted octanol–water partition coefficient (Wildman–Crippen LogP) is 1.85. The van der Waals surface area contributed by atoms with Crippen LogP contribution in [-0.2, 0) is 10.5 Å². The van der Waals surface area contributed by atoms with Gasteiger partial charge in [-0.1, -0.05) is 24.3 Å². The molecule has 0 heterocycles. The number of rotatable bonds is 6. The third-order valence-electron chi connectivity index (χ3n) is 1.97. The molecule has 0 atom stereocenters. The predicted molar refractivity (Wildman–Crippen MR) is 65.5 cm³/mol. The van der Waals surface area contributed by atoms with Gasteiger partial charge in [0.2, 0.25) is 0 Å². The molecule has 1 aromatic rings. The van der Waals surface area contributed by atoms with Crippen molar-refractivity contribution in [2.75, 3.05) is 19.5 Å². The summed E-state index contributed by atoms with van der Waals surface area (Å²) >= 11 is 1.84. The number of nitrogens with two attached hydrogens (primary N) is 1. The Hall–Kier alpha value is -1.00. The van der Waals surface area contributed by atoms with E-state index in [0.29, 0.717) is 0 Å². The zero-order chi connectivity index (χ0) is 11.1. The summed E-state index contributed by atoms with van der Waals surface area (Å²) in [7, 11) is 1.71. The van der Waals surface area contributed by atoms with Crippen LogP contribution in [0.4, 0.5) is 0 Å². The number of nitrogen functional groups attached to an aromatic ring is 1. The minimum atomic E-state index is 0.119. The molecule has 0 saturated heterocycles. The molecule has 3 N–H and O–H groups in total. The van der Waals surface area contributed by atoms with Crippen molar-refractivity contribution in [3.8, 4) is 0 Å². The van der Waals surface area contributed by atoms with E-state index in [9.17, 15) is 0 Å². The Morgan fingerprint density at radius 3 is 2.60 bits per heavy atom. The van der Waals surface area contributed by atoms with Crippen molar-refractivity contribution >= 4 is 17.6 Å². The lowest BCUT2D eigenvalue weighted by Crippen LogP contribution is -2.10. The first kappa shape index (κ1) is 12.1. The summed E-state index contributed by atoms with van der Waals surface area (Å²) in [5, 5.41) is 7.25. The van der Waals surface area contributed by atoms with Gasteiger partial charge in [0.25, 0.3) is 0 Å². The Labute approximate surface area is 94.5 Å². The monoisotopic (exact) mass is 224 g/mol. The standard InChI is InChI=1S/C11H16N2OS/c1-14-6-7-15-8-9-2-4-10(5-3-9)11(12)13/h2-5H,6-8H2,1H3,(H3,12,13). The number of thioether (sulfide) groups is 1. The van der Waals surface area contributed by atoms with E-state index in [0.717, 1.165) is 23.7 Å². The van der Waals surface area contributed by atoms with Crippen LogP contribution in [-0.4, -0.2) is 25.3 Å². The van der Waals surface area contributed by atoms with Crippen LogP contribution in [0, 0.1) is 5.41 Å². The minimum Gasteiger partial charge on any atom is -0.384 e. The van der Waals surface area contributed by atoms with Gasteiger partial charge in [-0.15, -0.1) is 0 Å². The summed E-state index contributed by atoms with van der Waals surface area (Å²) in [6.07, 6.45) is 0. The maximum Gasteiger partial charge on any atom is 0.122 e. The van der Waals surface area contributed by atoms with Gasteiger partial charge < -0.3 is 10.5 Å². The number of nitrogens with one attached hydrogen (secondary N) is 1. The molecule has 82 valence electrons. The van der Waals surface area contributed by atoms with Gasteiger partial charge >= 0.3 is 0 Å². The number of ether oxygens (including phenoxy) is 1. The van der Waals surface area contributed by atoms with E-state index < -0.39 is 0 Å². The van der Waals surface area contributed by atoms with E-state index in [2.05, 4.69) is 0 Å². The Morgan fingerprint density at radius 2 is 2.07 bits per heavy atom. The average Bonchev–Trinajstić information content (AvgIpc) is 2.25. The van der Waals surface area contributed by atoms with E-state index in [1.165, 1.54) is 5.56 Å². The van der Waals surface area contributed by atoms with Crippen LogP contribution in [0.2, 0.25) is 0 Å². The molecule has 1 aromatic carbocycles. The molecule has 0 bridgehead atoms. The van der Waals surface area contributed by atoms with Crippen molar-refractivity contribution < 1.29 is 4.74 Å².